The molecule has 0 saturated carbocycles. The Morgan fingerprint density at radius 2 is 1.32 bits per heavy atom. The Balaban J connectivity index is 1.40. The number of nitrogens with zero attached hydrogens (tertiary/aromatic N) is 2. The number of aliphatic carboxylic acids is 1. The Bertz CT molecular complexity index is 2080. The molecule has 0 spiro atoms. The van der Waals surface area contributed by atoms with Gasteiger partial charge in [0.15, 0.2) is 11.6 Å². The molecular formula is C57H91N5O16S. The van der Waals surface area contributed by atoms with Crippen LogP contribution in [0.4, 0.5) is 0 Å². The van der Waals surface area contributed by atoms with Gasteiger partial charge >= 0.3 is 5.97 Å². The monoisotopic (exact) mass is 1130 g/mol. The van der Waals surface area contributed by atoms with Crippen molar-refractivity contribution in [3.8, 4) is 0 Å². The Kier molecular flexibility index (Phi) is 31.7. The van der Waals surface area contributed by atoms with Gasteiger partial charge in [-0.1, -0.05) is 83.6 Å². The molecule has 0 aromatic heterocycles. The number of carbonyl (C=O) groups excluding carboxylic acids is 6. The second-order valence-electron chi connectivity index (χ2n) is 21.0. The molecule has 446 valence electrons. The maximum atomic E-state index is 14.5. The fourth-order valence-corrected chi connectivity index (χ4v) is 9.85. The lowest BCUT2D eigenvalue weighted by Crippen LogP contribution is -2.62. The number of carboxylic acids is 1. The van der Waals surface area contributed by atoms with Crippen LogP contribution in [-0.2, 0) is 77.9 Å². The largest absolute Gasteiger partial charge is 0.480 e. The summed E-state index contributed by atoms with van der Waals surface area (Å²) in [4.78, 5) is 94.8. The lowest BCUT2D eigenvalue weighted by molar-refractivity contribution is -0.147. The number of hydrogen-bond acceptors (Lipinski definition) is 16. The highest BCUT2D eigenvalue weighted by Crippen LogP contribution is 2.30. The molecule has 2 aliphatic rings. The number of likely N-dealkylation sites (tertiary alicyclic amines) is 1. The van der Waals surface area contributed by atoms with Crippen LogP contribution in [0.1, 0.15) is 92.6 Å². The van der Waals surface area contributed by atoms with Gasteiger partial charge in [-0.2, -0.15) is 0 Å². The Morgan fingerprint density at radius 3 is 1.81 bits per heavy atom. The fourth-order valence-electron chi connectivity index (χ4n) is 9.57. The second kappa shape index (κ2) is 36.5. The molecule has 1 aromatic rings. The molecule has 1 fully saturated rings. The van der Waals surface area contributed by atoms with Gasteiger partial charge in [0, 0.05) is 53.2 Å². The van der Waals surface area contributed by atoms with E-state index < -0.39 is 65.5 Å². The van der Waals surface area contributed by atoms with Crippen LogP contribution in [0, 0.1) is 23.7 Å². The van der Waals surface area contributed by atoms with Gasteiger partial charge in [0.2, 0.25) is 23.6 Å². The lowest BCUT2D eigenvalue weighted by atomic mass is 9.89. The van der Waals surface area contributed by atoms with Crippen LogP contribution in [0.25, 0.3) is 0 Å². The summed E-state index contributed by atoms with van der Waals surface area (Å²) in [5.41, 5.74) is -0.534. The molecule has 1 aromatic carbocycles. The number of rotatable bonds is 41. The molecule has 1 aliphatic carbocycles. The Hall–Kier alpha value is -4.78. The van der Waals surface area contributed by atoms with E-state index in [1.54, 1.807) is 37.8 Å². The van der Waals surface area contributed by atoms with E-state index in [4.69, 9.17) is 50.1 Å². The van der Waals surface area contributed by atoms with Crippen molar-refractivity contribution in [3.05, 3.63) is 48.0 Å². The number of carboxylic acid groups (broad SMARTS) is 1. The van der Waals surface area contributed by atoms with Crippen LogP contribution in [0.2, 0.25) is 0 Å². The van der Waals surface area contributed by atoms with E-state index in [0.29, 0.717) is 96.9 Å². The summed E-state index contributed by atoms with van der Waals surface area (Å²) in [6, 6.07) is 6.46. The number of thiocarbonyl (C=S) groups is 1. The van der Waals surface area contributed by atoms with Crippen LogP contribution in [-0.4, -0.2) is 210 Å². The van der Waals surface area contributed by atoms with E-state index in [0.717, 1.165) is 12.0 Å². The summed E-state index contributed by atoms with van der Waals surface area (Å²) in [5, 5.41) is 18.7. The molecule has 4 amide bonds. The van der Waals surface area contributed by atoms with Crippen molar-refractivity contribution in [1.82, 2.24) is 25.8 Å². The van der Waals surface area contributed by atoms with Crippen molar-refractivity contribution in [2.75, 3.05) is 107 Å². The summed E-state index contributed by atoms with van der Waals surface area (Å²) in [5.74, 6) is -4.39. The molecule has 0 unspecified atom stereocenters. The number of ether oxygens (including phenoxy) is 8. The van der Waals surface area contributed by atoms with Crippen molar-refractivity contribution in [3.63, 3.8) is 0 Å². The number of likely N-dealkylation sites (N-methyl/N-ethyl adjacent to an activating group) is 1. The van der Waals surface area contributed by atoms with Gasteiger partial charge in [0.25, 0.3) is 0 Å². The molecular weight excluding hydrogens is 1040 g/mol. The zero-order valence-electron chi connectivity index (χ0n) is 48.3. The van der Waals surface area contributed by atoms with Crippen LogP contribution < -0.4 is 16.0 Å². The minimum Gasteiger partial charge on any atom is -0.480 e. The number of methoxy groups -OCH3 is 2. The Morgan fingerprint density at radius 1 is 0.785 bits per heavy atom. The molecule has 1 saturated heterocycles. The quantitative estimate of drug-likeness (QED) is 0.0414. The van der Waals surface area contributed by atoms with Crippen LogP contribution in [0.5, 0.6) is 0 Å². The van der Waals surface area contributed by atoms with Crippen molar-refractivity contribution in [2.24, 2.45) is 23.7 Å². The number of nitrogens with one attached hydrogen (secondary N) is 3. The molecule has 22 heteroatoms. The van der Waals surface area contributed by atoms with Gasteiger partial charge in [0.1, 0.15) is 17.6 Å². The van der Waals surface area contributed by atoms with Crippen molar-refractivity contribution in [2.45, 2.75) is 135 Å². The SMILES string of the molecule is CC[C@H](C)[C@@H]([C@@H](CC(=O)N1CCC[C@H]1[C@H](OC)[C@@H](C)C(=S)N[C@@H](Cc1ccccc1)C(=O)O)OC)N(C)C(=O)[C@@H](NC(=O)C(C)(C)NC(=O)CCOCCOCCOCCOCCOCCOCCC1C(=O)C=CC1=O)C(C)C. The molecule has 1 heterocycles. The van der Waals surface area contributed by atoms with Gasteiger partial charge in [0.05, 0.1) is 114 Å². The first kappa shape index (κ1) is 68.5. The van der Waals surface area contributed by atoms with Gasteiger partial charge in [-0.15, -0.1) is 0 Å². The summed E-state index contributed by atoms with van der Waals surface area (Å²) < 4.78 is 45.1. The van der Waals surface area contributed by atoms with Crippen molar-refractivity contribution < 1.29 is 76.6 Å². The maximum absolute atomic E-state index is 14.5. The van der Waals surface area contributed by atoms with E-state index in [-0.39, 0.29) is 73.7 Å². The third-order valence-electron chi connectivity index (χ3n) is 14.4. The molecule has 79 heavy (non-hydrogen) atoms. The third kappa shape index (κ3) is 23.3. The Labute approximate surface area is 473 Å². The highest BCUT2D eigenvalue weighted by Gasteiger charge is 2.43. The summed E-state index contributed by atoms with van der Waals surface area (Å²) in [7, 11) is 4.75. The minimum atomic E-state index is -1.38. The number of benzene rings is 1. The first-order valence-corrected chi connectivity index (χ1v) is 28.1. The average molecular weight is 1130 g/mol. The van der Waals surface area contributed by atoms with Gasteiger partial charge in [-0.3, -0.25) is 28.8 Å². The molecule has 1 aliphatic heterocycles. The predicted octanol–water partition coefficient (Wildman–Crippen LogP) is 3.76. The fraction of sp³-hybridized carbons (Fsp3) is 0.719. The maximum Gasteiger partial charge on any atom is 0.326 e. The standard InChI is InChI=1S/C57H91N5O16S/c1-11-39(4)51(47(71-9)37-49(66)62-23-15-18-44(62)52(72-10)40(5)53(79)58-43(55(68)69)36-41-16-13-12-14-17-41)61(8)54(67)50(38(2)3)59-56(70)57(6,7)60-48(65)22-25-74-27-29-76-31-33-78-35-34-77-32-30-75-28-26-73-24-21-42-45(63)19-20-46(42)64/h12-14,16-17,19-20,38-40,42-44,47,50-52H,11,15,18,21-37H2,1-10H3,(H,58,79)(H,59,70)(H,60,65)(H,68,69)/t39-,40+,43-,44-,47+,50-,51-,52+/m0/s1. The topological polar surface area (TPSA) is 256 Å². The molecule has 4 N–H and O–H groups in total. The van der Waals surface area contributed by atoms with Crippen LogP contribution >= 0.6 is 12.2 Å². The number of allylic oxidation sites excluding steroid dienone is 2. The predicted molar refractivity (Wildman–Crippen MR) is 299 cm³/mol. The lowest BCUT2D eigenvalue weighted by Gasteiger charge is -2.41. The number of ketones is 2. The van der Waals surface area contributed by atoms with E-state index in [1.165, 1.54) is 19.3 Å². The highest BCUT2D eigenvalue weighted by molar-refractivity contribution is 7.80. The molecule has 21 nitrogen and oxygen atoms in total. The summed E-state index contributed by atoms with van der Waals surface area (Å²) in [6.07, 6.45) is 3.96. The first-order chi connectivity index (χ1) is 37.7. The van der Waals surface area contributed by atoms with E-state index in [9.17, 15) is 38.7 Å². The molecule has 0 radical (unpaired) electrons. The van der Waals surface area contributed by atoms with Crippen molar-refractivity contribution in [1.29, 1.82) is 0 Å². The smallest absolute Gasteiger partial charge is 0.326 e. The van der Waals surface area contributed by atoms with Gasteiger partial charge in [-0.25, -0.2) is 4.79 Å². The zero-order chi connectivity index (χ0) is 58.5. The molecule has 0 bridgehead atoms. The molecule has 3 rings (SSSR count). The first-order valence-electron chi connectivity index (χ1n) is 27.7. The van der Waals surface area contributed by atoms with Crippen LogP contribution in [0.3, 0.4) is 0 Å². The third-order valence-corrected chi connectivity index (χ3v) is 14.9. The average Bonchev–Trinajstić information content (AvgIpc) is 4.06. The highest BCUT2D eigenvalue weighted by atomic mass is 32.1. The van der Waals surface area contributed by atoms with E-state index in [1.807, 2.05) is 65.0 Å². The van der Waals surface area contributed by atoms with Crippen LogP contribution in [0.15, 0.2) is 42.5 Å². The number of hydrogen-bond donors (Lipinski definition) is 4. The van der Waals surface area contributed by atoms with Gasteiger partial charge in [-0.05, 0) is 62.7 Å². The van der Waals surface area contributed by atoms with E-state index >= 15 is 0 Å². The summed E-state index contributed by atoms with van der Waals surface area (Å²) >= 11 is 5.77. The number of amides is 4. The number of carbonyl (C=O) groups is 7. The normalized spacial score (nSPS) is 17.5. The molecule has 8 atom stereocenters. The van der Waals surface area contributed by atoms with Gasteiger partial charge < -0.3 is 68.8 Å². The zero-order valence-corrected chi connectivity index (χ0v) is 49.1. The second-order valence-corrected chi connectivity index (χ2v) is 21.4. The minimum absolute atomic E-state index is 0.0111. The van der Waals surface area contributed by atoms with Crippen molar-refractivity contribution >= 4 is 58.4 Å². The summed E-state index contributed by atoms with van der Waals surface area (Å²) in [6.45, 7) is 17.1. The van der Waals surface area contributed by atoms with E-state index in [2.05, 4.69) is 16.0 Å².